The van der Waals surface area contributed by atoms with Crippen molar-refractivity contribution in [3.63, 3.8) is 0 Å². The zero-order valence-electron chi connectivity index (χ0n) is 10.3. The number of hydrogen-bond acceptors (Lipinski definition) is 2. The van der Waals surface area contributed by atoms with Gasteiger partial charge in [0.05, 0.1) is 5.69 Å². The quantitative estimate of drug-likeness (QED) is 0.661. The van der Waals surface area contributed by atoms with Gasteiger partial charge >= 0.3 is 0 Å². The van der Waals surface area contributed by atoms with Gasteiger partial charge in [-0.1, -0.05) is 31.9 Å². The maximum Gasteiger partial charge on any atom is 0.263 e. The lowest BCUT2D eigenvalue weighted by molar-refractivity contribution is 0.600. The molecule has 0 unspecified atom stereocenters. The molecule has 20 heavy (non-hydrogen) atoms. The molecule has 2 aromatic carbocycles. The highest BCUT2D eigenvalue weighted by Crippen LogP contribution is 2.28. The summed E-state index contributed by atoms with van der Waals surface area (Å²) in [4.78, 5) is 0.185. The van der Waals surface area contributed by atoms with Crippen LogP contribution < -0.4 is 4.72 Å². The van der Waals surface area contributed by atoms with Gasteiger partial charge in [0.2, 0.25) is 0 Å². The third kappa shape index (κ3) is 3.84. The zero-order valence-corrected chi connectivity index (χ0v) is 15.9. The minimum absolute atomic E-state index is 0.185. The molecule has 0 saturated carbocycles. The molecule has 7 heteroatoms. The number of aryl methyl sites for hydroxylation is 1. The van der Waals surface area contributed by atoms with Crippen molar-refractivity contribution < 1.29 is 8.42 Å². The fourth-order valence-electron chi connectivity index (χ4n) is 1.69. The van der Waals surface area contributed by atoms with E-state index in [-0.39, 0.29) is 4.90 Å². The van der Waals surface area contributed by atoms with Gasteiger partial charge in [0.25, 0.3) is 10.0 Å². The molecule has 3 nitrogen and oxygen atoms in total. The molecule has 0 aliphatic heterocycles. The van der Waals surface area contributed by atoms with E-state index in [0.29, 0.717) is 14.6 Å². The fraction of sp³-hybridized carbons (Fsp3) is 0.0769. The molecule has 0 fully saturated rings. The molecule has 0 heterocycles. The van der Waals surface area contributed by atoms with Crippen LogP contribution in [0.3, 0.4) is 0 Å². The smallest absolute Gasteiger partial charge is 0.263 e. The van der Waals surface area contributed by atoms with Crippen molar-refractivity contribution >= 4 is 63.5 Å². The Labute approximate surface area is 143 Å². The third-order valence-electron chi connectivity index (χ3n) is 2.48. The van der Waals surface area contributed by atoms with Gasteiger partial charge in [0.1, 0.15) is 4.90 Å². The Kier molecular flexibility index (Phi) is 4.94. The minimum atomic E-state index is -3.65. The molecular weight excluding hydrogens is 474 g/mol. The van der Waals surface area contributed by atoms with E-state index in [2.05, 4.69) is 52.5 Å². The van der Waals surface area contributed by atoms with Crippen LogP contribution in [0, 0.1) is 6.92 Å². The Morgan fingerprint density at radius 3 is 2.30 bits per heavy atom. The van der Waals surface area contributed by atoms with E-state index < -0.39 is 10.0 Å². The highest BCUT2D eigenvalue weighted by Gasteiger charge is 2.18. The first kappa shape index (κ1) is 16.0. The largest absolute Gasteiger partial charge is 0.280 e. The SMILES string of the molecule is Cc1cc(Br)cc(NS(=O)(=O)c2cc(Br)ccc2Br)c1. The molecule has 2 aromatic rings. The summed E-state index contributed by atoms with van der Waals surface area (Å²) in [5, 5.41) is 0. The summed E-state index contributed by atoms with van der Waals surface area (Å²) < 4.78 is 29.5. The standard InChI is InChI=1S/C13H10Br3NO2S/c1-8-4-10(15)6-11(5-8)17-20(18,19)13-7-9(14)2-3-12(13)16/h2-7,17H,1H3. The first-order valence-corrected chi connectivity index (χ1v) is 9.39. The minimum Gasteiger partial charge on any atom is -0.280 e. The van der Waals surface area contributed by atoms with E-state index in [1.165, 1.54) is 0 Å². The predicted octanol–water partition coefficient (Wildman–Crippen LogP) is 5.08. The average Bonchev–Trinajstić information content (AvgIpc) is 2.30. The van der Waals surface area contributed by atoms with Crippen molar-refractivity contribution in [2.24, 2.45) is 0 Å². The fourth-order valence-corrected chi connectivity index (χ4v) is 4.84. The van der Waals surface area contributed by atoms with Gasteiger partial charge in [-0.25, -0.2) is 8.42 Å². The van der Waals surface area contributed by atoms with Crippen molar-refractivity contribution in [2.45, 2.75) is 11.8 Å². The van der Waals surface area contributed by atoms with Crippen molar-refractivity contribution in [2.75, 3.05) is 4.72 Å². The van der Waals surface area contributed by atoms with Gasteiger partial charge in [-0.05, 0) is 64.8 Å². The number of nitrogens with one attached hydrogen (secondary N) is 1. The monoisotopic (exact) mass is 481 g/mol. The van der Waals surface area contributed by atoms with Crippen LogP contribution >= 0.6 is 47.8 Å². The Morgan fingerprint density at radius 1 is 0.950 bits per heavy atom. The van der Waals surface area contributed by atoms with E-state index in [0.717, 1.165) is 10.0 Å². The molecule has 0 aliphatic carbocycles. The number of benzene rings is 2. The van der Waals surface area contributed by atoms with Gasteiger partial charge in [-0.2, -0.15) is 0 Å². The van der Waals surface area contributed by atoms with Crippen molar-refractivity contribution in [3.05, 3.63) is 55.4 Å². The van der Waals surface area contributed by atoms with E-state index in [1.54, 1.807) is 30.3 Å². The zero-order chi connectivity index (χ0) is 14.9. The van der Waals surface area contributed by atoms with Crippen LogP contribution in [0.4, 0.5) is 5.69 Å². The summed E-state index contributed by atoms with van der Waals surface area (Å²) in [5.41, 5.74) is 1.48. The van der Waals surface area contributed by atoms with E-state index in [1.807, 2.05) is 13.0 Å². The molecule has 1 N–H and O–H groups in total. The Bertz CT molecular complexity index is 740. The summed E-state index contributed by atoms with van der Waals surface area (Å²) in [6.07, 6.45) is 0. The molecule has 2 rings (SSSR count). The molecule has 106 valence electrons. The van der Waals surface area contributed by atoms with Crippen LogP contribution in [-0.4, -0.2) is 8.42 Å². The molecule has 0 spiro atoms. The molecule has 0 radical (unpaired) electrons. The van der Waals surface area contributed by atoms with Crippen LogP contribution in [0.25, 0.3) is 0 Å². The first-order chi connectivity index (χ1) is 9.28. The van der Waals surface area contributed by atoms with Gasteiger partial charge in [0, 0.05) is 13.4 Å². The summed E-state index contributed by atoms with van der Waals surface area (Å²) in [6, 6.07) is 10.4. The highest BCUT2D eigenvalue weighted by molar-refractivity contribution is 9.11. The van der Waals surface area contributed by atoms with Crippen LogP contribution in [0.15, 0.2) is 54.7 Å². The van der Waals surface area contributed by atoms with E-state index in [4.69, 9.17) is 0 Å². The molecule has 0 atom stereocenters. The second-order valence-electron chi connectivity index (χ2n) is 4.20. The summed E-state index contributed by atoms with van der Waals surface area (Å²) in [5.74, 6) is 0. The number of halogens is 3. The first-order valence-electron chi connectivity index (χ1n) is 5.53. The number of sulfonamides is 1. The molecule has 0 saturated heterocycles. The molecule has 0 amide bonds. The Morgan fingerprint density at radius 2 is 1.65 bits per heavy atom. The van der Waals surface area contributed by atoms with E-state index in [9.17, 15) is 8.42 Å². The van der Waals surface area contributed by atoms with Crippen LogP contribution in [0.2, 0.25) is 0 Å². The maximum atomic E-state index is 12.4. The molecule has 0 aliphatic rings. The van der Waals surface area contributed by atoms with Crippen molar-refractivity contribution in [1.29, 1.82) is 0 Å². The lowest BCUT2D eigenvalue weighted by atomic mass is 10.2. The Hall–Kier alpha value is -0.370. The average molecular weight is 484 g/mol. The molecule has 0 aromatic heterocycles. The summed E-state index contributed by atoms with van der Waals surface area (Å²) >= 11 is 9.89. The molecular formula is C13H10Br3NO2S. The normalized spacial score (nSPS) is 11.4. The van der Waals surface area contributed by atoms with Crippen molar-refractivity contribution in [3.8, 4) is 0 Å². The van der Waals surface area contributed by atoms with Gasteiger partial charge < -0.3 is 0 Å². The van der Waals surface area contributed by atoms with Gasteiger partial charge in [0.15, 0.2) is 0 Å². The third-order valence-corrected chi connectivity index (χ3v) is 5.80. The predicted molar refractivity (Wildman–Crippen MR) is 91.5 cm³/mol. The Balaban J connectivity index is 2.43. The highest BCUT2D eigenvalue weighted by atomic mass is 79.9. The van der Waals surface area contributed by atoms with Crippen LogP contribution in [0.1, 0.15) is 5.56 Å². The lowest BCUT2D eigenvalue weighted by Crippen LogP contribution is -2.13. The summed E-state index contributed by atoms with van der Waals surface area (Å²) in [7, 11) is -3.65. The van der Waals surface area contributed by atoms with E-state index >= 15 is 0 Å². The summed E-state index contributed by atoms with van der Waals surface area (Å²) in [6.45, 7) is 1.90. The lowest BCUT2D eigenvalue weighted by Gasteiger charge is -2.11. The maximum absolute atomic E-state index is 12.4. The van der Waals surface area contributed by atoms with Gasteiger partial charge in [-0.3, -0.25) is 4.72 Å². The topological polar surface area (TPSA) is 46.2 Å². The number of hydrogen-bond donors (Lipinski definition) is 1. The van der Waals surface area contributed by atoms with Crippen molar-refractivity contribution in [1.82, 2.24) is 0 Å². The number of rotatable bonds is 3. The molecule has 0 bridgehead atoms. The van der Waals surface area contributed by atoms with Crippen LogP contribution in [0.5, 0.6) is 0 Å². The van der Waals surface area contributed by atoms with Gasteiger partial charge in [-0.15, -0.1) is 0 Å². The van der Waals surface area contributed by atoms with Crippen LogP contribution in [-0.2, 0) is 10.0 Å². The second kappa shape index (κ2) is 6.17. The number of anilines is 1. The second-order valence-corrected chi connectivity index (χ2v) is 8.53.